The Bertz CT molecular complexity index is 145. The van der Waals surface area contributed by atoms with Crippen LogP contribution in [0, 0.1) is 5.41 Å². The molecule has 1 fully saturated rings. The monoisotopic (exact) mass is 146 g/mol. The van der Waals surface area contributed by atoms with E-state index in [-0.39, 0.29) is 6.61 Å². The van der Waals surface area contributed by atoms with Crippen LogP contribution in [0.3, 0.4) is 0 Å². The zero-order chi connectivity index (χ0) is 7.61. The lowest BCUT2D eigenvalue weighted by atomic mass is 10.1. The van der Waals surface area contributed by atoms with Crippen molar-refractivity contribution < 1.29 is 13.9 Å². The topological polar surface area (TPSA) is 50.1 Å². The minimum Gasteiger partial charge on any atom is -0.448 e. The van der Waals surface area contributed by atoms with E-state index in [0.717, 1.165) is 12.8 Å². The van der Waals surface area contributed by atoms with Crippen LogP contribution in [0.15, 0.2) is 0 Å². The number of amides is 1. The van der Waals surface area contributed by atoms with Gasteiger partial charge in [0.2, 0.25) is 0 Å². The van der Waals surface area contributed by atoms with Crippen molar-refractivity contribution in [3.63, 3.8) is 0 Å². The lowest BCUT2D eigenvalue weighted by Crippen LogP contribution is -2.15. The van der Waals surface area contributed by atoms with Crippen LogP contribution in [0.25, 0.3) is 0 Å². The van der Waals surface area contributed by atoms with E-state index in [1.807, 2.05) is 0 Å². The average molecular weight is 146 g/mol. The zero-order valence-corrected chi connectivity index (χ0v) is 5.52. The van der Waals surface area contributed by atoms with E-state index < -0.39 is 18.2 Å². The highest BCUT2D eigenvalue weighted by Gasteiger charge is 2.44. The minimum absolute atomic E-state index is 0.0752. The standard InChI is InChI=1S/C6H9FNO2/c7-3-6(1-2-6)4-10-5(8)9/h8H,1-4H2. The van der Waals surface area contributed by atoms with Gasteiger partial charge in [0.1, 0.15) is 6.61 Å². The second kappa shape index (κ2) is 2.44. The Morgan fingerprint density at radius 1 is 1.70 bits per heavy atom. The van der Waals surface area contributed by atoms with Crippen molar-refractivity contribution in [1.82, 2.24) is 5.73 Å². The van der Waals surface area contributed by atoms with Crippen molar-refractivity contribution in [2.75, 3.05) is 13.3 Å². The van der Waals surface area contributed by atoms with E-state index in [9.17, 15) is 9.18 Å². The third-order valence-corrected chi connectivity index (χ3v) is 1.75. The highest BCUT2D eigenvalue weighted by atomic mass is 19.1. The fourth-order valence-electron chi connectivity index (χ4n) is 0.712. The molecule has 1 saturated carbocycles. The fourth-order valence-corrected chi connectivity index (χ4v) is 0.712. The molecule has 0 unspecified atom stereocenters. The number of carbonyl (C=O) groups excluding carboxylic acids is 1. The Morgan fingerprint density at radius 2 is 2.30 bits per heavy atom. The second-order valence-electron chi connectivity index (χ2n) is 2.71. The van der Waals surface area contributed by atoms with E-state index in [1.165, 1.54) is 0 Å². The van der Waals surface area contributed by atoms with Crippen molar-refractivity contribution in [2.45, 2.75) is 12.8 Å². The molecule has 57 valence electrons. The quantitative estimate of drug-likeness (QED) is 0.599. The van der Waals surface area contributed by atoms with Gasteiger partial charge in [-0.1, -0.05) is 0 Å². The number of alkyl halides is 1. The number of hydrogen-bond donors (Lipinski definition) is 0. The van der Waals surface area contributed by atoms with Crippen molar-refractivity contribution >= 4 is 6.09 Å². The summed E-state index contributed by atoms with van der Waals surface area (Å²) in [5, 5.41) is 0. The first-order valence-electron chi connectivity index (χ1n) is 3.13. The summed E-state index contributed by atoms with van der Waals surface area (Å²) in [4.78, 5) is 9.96. The van der Waals surface area contributed by atoms with E-state index in [0.29, 0.717) is 0 Å². The summed E-state index contributed by atoms with van der Waals surface area (Å²) in [5.41, 5.74) is 5.97. The summed E-state index contributed by atoms with van der Waals surface area (Å²) in [6, 6.07) is 0. The maximum atomic E-state index is 12.0. The van der Waals surface area contributed by atoms with Crippen molar-refractivity contribution in [2.24, 2.45) is 5.41 Å². The van der Waals surface area contributed by atoms with Crippen LogP contribution in [0.5, 0.6) is 0 Å². The van der Waals surface area contributed by atoms with Gasteiger partial charge in [0.25, 0.3) is 0 Å². The summed E-state index contributed by atoms with van der Waals surface area (Å²) in [6.07, 6.45) is 0.479. The van der Waals surface area contributed by atoms with Gasteiger partial charge in [-0.3, -0.25) is 4.39 Å². The molecule has 0 aromatic heterocycles. The van der Waals surface area contributed by atoms with E-state index >= 15 is 0 Å². The molecule has 1 aliphatic carbocycles. The molecular weight excluding hydrogens is 137 g/mol. The molecule has 0 atom stereocenters. The van der Waals surface area contributed by atoms with Crippen molar-refractivity contribution in [1.29, 1.82) is 0 Å². The van der Waals surface area contributed by atoms with Crippen LogP contribution in [0.4, 0.5) is 9.18 Å². The third-order valence-electron chi connectivity index (χ3n) is 1.75. The van der Waals surface area contributed by atoms with Gasteiger partial charge in [-0.25, -0.2) is 10.5 Å². The van der Waals surface area contributed by atoms with Gasteiger partial charge in [0.15, 0.2) is 0 Å². The zero-order valence-electron chi connectivity index (χ0n) is 5.52. The maximum absolute atomic E-state index is 12.0. The molecule has 1 N–H and O–H groups in total. The molecule has 4 heteroatoms. The number of nitrogens with one attached hydrogen (secondary N) is 1. The van der Waals surface area contributed by atoms with Crippen molar-refractivity contribution in [3.05, 3.63) is 0 Å². The van der Waals surface area contributed by atoms with Crippen LogP contribution < -0.4 is 5.73 Å². The molecule has 10 heavy (non-hydrogen) atoms. The summed E-state index contributed by atoms with van der Waals surface area (Å²) in [5.74, 6) is 0. The lowest BCUT2D eigenvalue weighted by molar-refractivity contribution is 0.118. The summed E-state index contributed by atoms with van der Waals surface area (Å²) in [6.45, 7) is -0.369. The second-order valence-corrected chi connectivity index (χ2v) is 2.71. The normalized spacial score (nSPS) is 20.1. The fraction of sp³-hybridized carbons (Fsp3) is 0.833. The molecule has 1 aliphatic rings. The Morgan fingerprint density at radius 3 is 2.60 bits per heavy atom. The maximum Gasteiger partial charge on any atom is 0.426 e. The molecule has 0 saturated heterocycles. The molecule has 0 spiro atoms. The number of hydrogen-bond acceptors (Lipinski definition) is 2. The van der Waals surface area contributed by atoms with E-state index in [2.05, 4.69) is 4.74 Å². The molecule has 0 aliphatic heterocycles. The predicted molar refractivity (Wildman–Crippen MR) is 32.1 cm³/mol. The SMILES string of the molecule is [NH]C(=O)OCC1(CF)CC1. The van der Waals surface area contributed by atoms with Gasteiger partial charge in [-0.15, -0.1) is 0 Å². The third kappa shape index (κ3) is 1.59. The smallest absolute Gasteiger partial charge is 0.426 e. The number of rotatable bonds is 3. The largest absolute Gasteiger partial charge is 0.448 e. The minimum atomic E-state index is -1.07. The molecule has 0 aromatic carbocycles. The first kappa shape index (κ1) is 7.31. The Hall–Kier alpha value is -0.800. The molecule has 0 aromatic rings. The highest BCUT2D eigenvalue weighted by molar-refractivity contribution is 5.63. The number of carbonyl (C=O) groups is 1. The molecule has 1 radical (unpaired) electrons. The van der Waals surface area contributed by atoms with Crippen LogP contribution >= 0.6 is 0 Å². The van der Waals surface area contributed by atoms with Crippen LogP contribution in [-0.4, -0.2) is 19.4 Å². The number of ether oxygens (including phenoxy) is 1. The van der Waals surface area contributed by atoms with Crippen LogP contribution in [0.2, 0.25) is 0 Å². The Balaban J connectivity index is 2.19. The van der Waals surface area contributed by atoms with Gasteiger partial charge in [-0.2, -0.15) is 0 Å². The van der Waals surface area contributed by atoms with E-state index in [1.54, 1.807) is 0 Å². The first-order valence-corrected chi connectivity index (χ1v) is 3.13. The average Bonchev–Trinajstić information content (AvgIpc) is 2.64. The van der Waals surface area contributed by atoms with Gasteiger partial charge in [-0.05, 0) is 12.8 Å². The van der Waals surface area contributed by atoms with Crippen molar-refractivity contribution in [3.8, 4) is 0 Å². The Kier molecular flexibility index (Phi) is 1.78. The molecule has 3 nitrogen and oxygen atoms in total. The highest BCUT2D eigenvalue weighted by Crippen LogP contribution is 2.45. The van der Waals surface area contributed by atoms with Gasteiger partial charge < -0.3 is 4.74 Å². The lowest BCUT2D eigenvalue weighted by Gasteiger charge is -2.07. The number of halogens is 1. The molecule has 1 rings (SSSR count). The summed E-state index contributed by atoms with van der Waals surface area (Å²) in [7, 11) is 0. The predicted octanol–water partition coefficient (Wildman–Crippen LogP) is 1.16. The molecular formula is C6H9FNO2. The van der Waals surface area contributed by atoms with Gasteiger partial charge in [0.05, 0.1) is 6.67 Å². The molecule has 0 bridgehead atoms. The first-order chi connectivity index (χ1) is 4.68. The Labute approximate surface area is 58.3 Å². The van der Waals surface area contributed by atoms with Crippen LogP contribution in [0.1, 0.15) is 12.8 Å². The van der Waals surface area contributed by atoms with E-state index in [4.69, 9.17) is 5.73 Å². The van der Waals surface area contributed by atoms with Gasteiger partial charge >= 0.3 is 6.09 Å². The molecule has 1 amide bonds. The van der Waals surface area contributed by atoms with Crippen LogP contribution in [-0.2, 0) is 4.74 Å². The van der Waals surface area contributed by atoms with Gasteiger partial charge in [0, 0.05) is 5.41 Å². The molecule has 0 heterocycles. The summed E-state index contributed by atoms with van der Waals surface area (Å²) < 4.78 is 16.4. The summed E-state index contributed by atoms with van der Waals surface area (Å²) >= 11 is 0.